The number of pyridine rings is 1. The molecule has 128 valence electrons. The zero-order valence-electron chi connectivity index (χ0n) is 13.7. The molecular weight excluding hydrogens is 318 g/mol. The zero-order chi connectivity index (χ0) is 17.2. The van der Waals surface area contributed by atoms with E-state index in [0.29, 0.717) is 18.7 Å². The molecule has 2 aromatic heterocycles. The minimum atomic E-state index is -0.0857. The van der Waals surface area contributed by atoms with Crippen LogP contribution in [0.5, 0.6) is 0 Å². The normalized spacial score (nSPS) is 16.2. The molecule has 1 aromatic carbocycles. The maximum Gasteiger partial charge on any atom is 0.251 e. The molecule has 1 fully saturated rings. The van der Waals surface area contributed by atoms with Gasteiger partial charge in [0.25, 0.3) is 5.91 Å². The standard InChI is InChI=1S/C19H19N3O3/c23-19(21-15-6-10-22(24)11-7-15)14-3-1-13(2-4-14)18-16-8-12-25-17(16)5-9-20-18/h1-5,8-9,12,15,24H,6-7,10-11H2,(H,21,23). The lowest BCUT2D eigenvalue weighted by Gasteiger charge is -2.28. The Kier molecular flexibility index (Phi) is 4.21. The maximum absolute atomic E-state index is 12.4. The van der Waals surface area contributed by atoms with Gasteiger partial charge in [0.1, 0.15) is 5.58 Å². The SMILES string of the molecule is O=C(NC1CCN(O)CC1)c1ccc(-c2nccc3occc23)cc1. The van der Waals surface area contributed by atoms with Gasteiger partial charge in [0.2, 0.25) is 0 Å². The highest BCUT2D eigenvalue weighted by Gasteiger charge is 2.20. The summed E-state index contributed by atoms with van der Waals surface area (Å²) in [6.07, 6.45) is 4.88. The molecule has 3 heterocycles. The predicted molar refractivity (Wildman–Crippen MR) is 93.3 cm³/mol. The molecule has 4 rings (SSSR count). The number of rotatable bonds is 3. The third-order valence-electron chi connectivity index (χ3n) is 4.61. The summed E-state index contributed by atoms with van der Waals surface area (Å²) in [5, 5.41) is 14.7. The number of hydrogen-bond donors (Lipinski definition) is 2. The highest BCUT2D eigenvalue weighted by molar-refractivity contribution is 5.96. The highest BCUT2D eigenvalue weighted by atomic mass is 16.5. The second kappa shape index (κ2) is 6.66. The molecule has 1 aliphatic rings. The van der Waals surface area contributed by atoms with Gasteiger partial charge in [-0.25, -0.2) is 0 Å². The summed E-state index contributed by atoms with van der Waals surface area (Å²) in [6.45, 7) is 1.18. The van der Waals surface area contributed by atoms with E-state index in [-0.39, 0.29) is 11.9 Å². The number of hydroxylamine groups is 2. The number of piperidine rings is 1. The number of carbonyl (C=O) groups is 1. The fourth-order valence-electron chi connectivity index (χ4n) is 3.18. The van der Waals surface area contributed by atoms with E-state index in [2.05, 4.69) is 10.3 Å². The molecule has 1 aliphatic heterocycles. The Hall–Kier alpha value is -2.70. The number of amides is 1. The smallest absolute Gasteiger partial charge is 0.251 e. The molecule has 1 saturated heterocycles. The van der Waals surface area contributed by atoms with E-state index < -0.39 is 0 Å². The molecule has 0 atom stereocenters. The van der Waals surface area contributed by atoms with E-state index in [4.69, 9.17) is 4.42 Å². The molecule has 6 nitrogen and oxygen atoms in total. The van der Waals surface area contributed by atoms with E-state index in [1.54, 1.807) is 12.5 Å². The maximum atomic E-state index is 12.4. The van der Waals surface area contributed by atoms with Gasteiger partial charge in [-0.1, -0.05) is 12.1 Å². The quantitative estimate of drug-likeness (QED) is 0.768. The van der Waals surface area contributed by atoms with E-state index in [1.807, 2.05) is 36.4 Å². The van der Waals surface area contributed by atoms with Crippen LogP contribution in [0.2, 0.25) is 0 Å². The fourth-order valence-corrected chi connectivity index (χ4v) is 3.18. The van der Waals surface area contributed by atoms with Crippen LogP contribution in [-0.4, -0.2) is 40.3 Å². The number of nitrogens with zero attached hydrogens (tertiary/aromatic N) is 2. The van der Waals surface area contributed by atoms with E-state index in [1.165, 1.54) is 5.06 Å². The number of nitrogens with one attached hydrogen (secondary N) is 1. The molecule has 0 unspecified atom stereocenters. The first kappa shape index (κ1) is 15.8. The summed E-state index contributed by atoms with van der Waals surface area (Å²) in [5.41, 5.74) is 3.20. The molecule has 0 saturated carbocycles. The molecule has 0 radical (unpaired) electrons. The van der Waals surface area contributed by atoms with Crippen molar-refractivity contribution >= 4 is 16.9 Å². The average molecular weight is 337 g/mol. The fraction of sp³-hybridized carbons (Fsp3) is 0.263. The number of furan rings is 1. The first-order valence-corrected chi connectivity index (χ1v) is 8.38. The average Bonchev–Trinajstić information content (AvgIpc) is 3.12. The zero-order valence-corrected chi connectivity index (χ0v) is 13.7. The van der Waals surface area contributed by atoms with Crippen LogP contribution in [0.1, 0.15) is 23.2 Å². The van der Waals surface area contributed by atoms with Crippen molar-refractivity contribution in [2.24, 2.45) is 0 Å². The van der Waals surface area contributed by atoms with E-state index >= 15 is 0 Å². The number of fused-ring (bicyclic) bond motifs is 1. The molecule has 1 amide bonds. The molecule has 3 aromatic rings. The van der Waals surface area contributed by atoms with Crippen LogP contribution in [0.25, 0.3) is 22.2 Å². The number of benzene rings is 1. The Morgan fingerprint density at radius 3 is 2.68 bits per heavy atom. The monoisotopic (exact) mass is 337 g/mol. The summed E-state index contributed by atoms with van der Waals surface area (Å²) < 4.78 is 5.41. The van der Waals surface area contributed by atoms with Gasteiger partial charge < -0.3 is 14.9 Å². The number of hydrogen-bond acceptors (Lipinski definition) is 5. The highest BCUT2D eigenvalue weighted by Crippen LogP contribution is 2.27. The van der Waals surface area contributed by atoms with Crippen molar-refractivity contribution in [2.75, 3.05) is 13.1 Å². The molecule has 0 bridgehead atoms. The minimum Gasteiger partial charge on any atom is -0.464 e. The van der Waals surface area contributed by atoms with Gasteiger partial charge in [0.15, 0.2) is 0 Å². The van der Waals surface area contributed by atoms with Gasteiger partial charge in [-0.3, -0.25) is 9.78 Å². The van der Waals surface area contributed by atoms with Gasteiger partial charge in [0, 0.05) is 41.8 Å². The van der Waals surface area contributed by atoms with Crippen molar-refractivity contribution in [3.8, 4) is 11.3 Å². The van der Waals surface area contributed by atoms with Crippen LogP contribution < -0.4 is 5.32 Å². The van der Waals surface area contributed by atoms with Crippen LogP contribution in [0.4, 0.5) is 0 Å². The predicted octanol–water partition coefficient (Wildman–Crippen LogP) is 3.08. The van der Waals surface area contributed by atoms with Gasteiger partial charge >= 0.3 is 0 Å². The van der Waals surface area contributed by atoms with Crippen molar-refractivity contribution < 1.29 is 14.4 Å². The Balaban J connectivity index is 1.50. The lowest BCUT2D eigenvalue weighted by Crippen LogP contribution is -2.43. The topological polar surface area (TPSA) is 78.6 Å². The van der Waals surface area contributed by atoms with E-state index in [0.717, 1.165) is 35.1 Å². The van der Waals surface area contributed by atoms with Crippen LogP contribution in [0.15, 0.2) is 53.3 Å². The number of aromatic nitrogens is 1. The third kappa shape index (κ3) is 3.26. The van der Waals surface area contributed by atoms with Gasteiger partial charge in [-0.05, 0) is 37.1 Å². The molecule has 2 N–H and O–H groups in total. The second-order valence-corrected chi connectivity index (χ2v) is 6.27. The molecule has 0 spiro atoms. The summed E-state index contributed by atoms with van der Waals surface area (Å²) in [4.78, 5) is 16.8. The van der Waals surface area contributed by atoms with Crippen molar-refractivity contribution in [3.63, 3.8) is 0 Å². The first-order chi connectivity index (χ1) is 12.2. The largest absolute Gasteiger partial charge is 0.464 e. The minimum absolute atomic E-state index is 0.0857. The Bertz CT molecular complexity index is 880. The molecule has 0 aliphatic carbocycles. The van der Waals surface area contributed by atoms with Crippen LogP contribution in [-0.2, 0) is 0 Å². The van der Waals surface area contributed by atoms with Crippen LogP contribution in [0, 0.1) is 0 Å². The van der Waals surface area contributed by atoms with Gasteiger partial charge in [0.05, 0.1) is 12.0 Å². The molecule has 6 heteroatoms. The lowest BCUT2D eigenvalue weighted by atomic mass is 10.0. The summed E-state index contributed by atoms with van der Waals surface area (Å²) in [5.74, 6) is -0.0857. The van der Waals surface area contributed by atoms with Crippen molar-refractivity contribution in [2.45, 2.75) is 18.9 Å². The Morgan fingerprint density at radius 2 is 1.92 bits per heavy atom. The van der Waals surface area contributed by atoms with Crippen molar-refractivity contribution in [1.82, 2.24) is 15.4 Å². The second-order valence-electron chi connectivity index (χ2n) is 6.27. The third-order valence-corrected chi connectivity index (χ3v) is 4.61. The number of carbonyl (C=O) groups excluding carboxylic acids is 1. The van der Waals surface area contributed by atoms with E-state index in [9.17, 15) is 10.0 Å². The van der Waals surface area contributed by atoms with Crippen molar-refractivity contribution in [1.29, 1.82) is 0 Å². The van der Waals surface area contributed by atoms with Crippen LogP contribution >= 0.6 is 0 Å². The molecule has 25 heavy (non-hydrogen) atoms. The first-order valence-electron chi connectivity index (χ1n) is 8.38. The van der Waals surface area contributed by atoms with Gasteiger partial charge in [-0.2, -0.15) is 5.06 Å². The summed E-state index contributed by atoms with van der Waals surface area (Å²) in [6, 6.07) is 11.3. The summed E-state index contributed by atoms with van der Waals surface area (Å²) >= 11 is 0. The van der Waals surface area contributed by atoms with Crippen LogP contribution in [0.3, 0.4) is 0 Å². The van der Waals surface area contributed by atoms with Gasteiger partial charge in [-0.15, -0.1) is 0 Å². The van der Waals surface area contributed by atoms with Crippen molar-refractivity contribution in [3.05, 3.63) is 54.4 Å². The Morgan fingerprint density at radius 1 is 1.16 bits per heavy atom. The lowest BCUT2D eigenvalue weighted by molar-refractivity contribution is -0.107. The summed E-state index contributed by atoms with van der Waals surface area (Å²) in [7, 11) is 0. The Labute approximate surface area is 145 Å². The molecular formula is C19H19N3O3.